The maximum Gasteiger partial charge on any atom is 0.297 e. The molecule has 0 spiro atoms. The van der Waals surface area contributed by atoms with Crippen molar-refractivity contribution < 1.29 is 21.0 Å². The smallest absolute Gasteiger partial charge is 0.263 e. The highest BCUT2D eigenvalue weighted by atomic mass is 32.2. The summed E-state index contributed by atoms with van der Waals surface area (Å²) in [7, 11) is -6.90. The lowest BCUT2D eigenvalue weighted by atomic mass is 9.96. The van der Waals surface area contributed by atoms with Gasteiger partial charge in [-0.1, -0.05) is 17.7 Å². The highest BCUT2D eigenvalue weighted by Gasteiger charge is 2.39. The molecule has 2 rings (SSSR count). The van der Waals surface area contributed by atoms with Gasteiger partial charge in [0, 0.05) is 6.26 Å². The Hall–Kier alpha value is -0.920. The van der Waals surface area contributed by atoms with Crippen molar-refractivity contribution in [1.82, 2.24) is 0 Å². The third-order valence-electron chi connectivity index (χ3n) is 3.23. The first-order chi connectivity index (χ1) is 8.68. The van der Waals surface area contributed by atoms with E-state index in [1.165, 1.54) is 12.1 Å². The normalized spacial score (nSPS) is 23.9. The van der Waals surface area contributed by atoms with E-state index in [0.29, 0.717) is 0 Å². The van der Waals surface area contributed by atoms with Crippen molar-refractivity contribution in [2.75, 3.05) is 6.26 Å². The summed E-state index contributed by atoms with van der Waals surface area (Å²) in [5.41, 5.74) is 0.958. The zero-order chi connectivity index (χ0) is 14.3. The molecule has 0 atom stereocenters. The summed E-state index contributed by atoms with van der Waals surface area (Å²) < 4.78 is 51.3. The van der Waals surface area contributed by atoms with Gasteiger partial charge in [-0.05, 0) is 31.9 Å². The van der Waals surface area contributed by atoms with Gasteiger partial charge in [0.25, 0.3) is 10.1 Å². The van der Waals surface area contributed by atoms with E-state index in [4.69, 9.17) is 4.18 Å². The van der Waals surface area contributed by atoms with Gasteiger partial charge in [-0.2, -0.15) is 8.42 Å². The highest BCUT2D eigenvalue weighted by Crippen LogP contribution is 2.31. The van der Waals surface area contributed by atoms with Crippen molar-refractivity contribution >= 4 is 20.0 Å². The fourth-order valence-electron chi connectivity index (χ4n) is 1.89. The van der Waals surface area contributed by atoms with Crippen LogP contribution in [0.3, 0.4) is 0 Å². The largest absolute Gasteiger partial charge is 0.297 e. The first kappa shape index (κ1) is 14.5. The van der Waals surface area contributed by atoms with Gasteiger partial charge in [-0.3, -0.25) is 4.18 Å². The monoisotopic (exact) mass is 304 g/mol. The van der Waals surface area contributed by atoms with Gasteiger partial charge >= 0.3 is 0 Å². The molecule has 1 aliphatic carbocycles. The molecule has 0 amide bonds. The molecule has 5 nitrogen and oxygen atoms in total. The van der Waals surface area contributed by atoms with Gasteiger partial charge in [-0.25, -0.2) is 8.42 Å². The third kappa shape index (κ3) is 3.34. The lowest BCUT2D eigenvalue weighted by molar-refractivity contribution is 0.130. The fraction of sp³-hybridized carbons (Fsp3) is 0.500. The standard InChI is InChI=1S/C12H16O5S2/c1-9-3-5-11(6-4-9)19(15,16)17-10-7-12(8-10)18(2,13)14/h3-6,10,12H,7-8H2,1-2H3/t10-,12+. The molecule has 0 aliphatic heterocycles. The molecule has 1 aromatic carbocycles. The zero-order valence-corrected chi connectivity index (χ0v) is 12.4. The van der Waals surface area contributed by atoms with E-state index >= 15 is 0 Å². The van der Waals surface area contributed by atoms with Crippen LogP contribution in [0, 0.1) is 6.92 Å². The van der Waals surface area contributed by atoms with E-state index in [9.17, 15) is 16.8 Å². The summed E-state index contributed by atoms with van der Waals surface area (Å²) >= 11 is 0. The Bertz CT molecular complexity index is 653. The molecule has 7 heteroatoms. The summed E-state index contributed by atoms with van der Waals surface area (Å²) in [4.78, 5) is 0.0981. The maximum absolute atomic E-state index is 11.9. The van der Waals surface area contributed by atoms with Crippen molar-refractivity contribution in [3.05, 3.63) is 29.8 Å². The van der Waals surface area contributed by atoms with Crippen LogP contribution in [0.1, 0.15) is 18.4 Å². The first-order valence-electron chi connectivity index (χ1n) is 5.87. The third-order valence-corrected chi connectivity index (χ3v) is 6.20. The summed E-state index contributed by atoms with van der Waals surface area (Å²) in [6, 6.07) is 6.35. The van der Waals surface area contributed by atoms with Crippen molar-refractivity contribution in [3.8, 4) is 0 Å². The minimum absolute atomic E-state index is 0.0981. The lowest BCUT2D eigenvalue weighted by Crippen LogP contribution is -2.41. The number of benzene rings is 1. The second kappa shape index (κ2) is 4.88. The second-order valence-corrected chi connectivity index (χ2v) is 8.81. The molecule has 106 valence electrons. The van der Waals surface area contributed by atoms with Gasteiger partial charge < -0.3 is 0 Å². The molecule has 0 radical (unpaired) electrons. The van der Waals surface area contributed by atoms with E-state index in [1.54, 1.807) is 12.1 Å². The van der Waals surface area contributed by atoms with E-state index in [-0.39, 0.29) is 17.7 Å². The Labute approximate surface area is 113 Å². The number of hydrogen-bond donors (Lipinski definition) is 0. The average Bonchev–Trinajstić information content (AvgIpc) is 2.22. The summed E-state index contributed by atoms with van der Waals surface area (Å²) in [6.45, 7) is 1.86. The summed E-state index contributed by atoms with van der Waals surface area (Å²) in [5, 5.41) is -0.481. The molecule has 0 bridgehead atoms. The van der Waals surface area contributed by atoms with Gasteiger partial charge in [-0.15, -0.1) is 0 Å². The van der Waals surface area contributed by atoms with Crippen molar-refractivity contribution in [2.45, 2.75) is 36.0 Å². The Kier molecular flexibility index (Phi) is 3.72. The SMILES string of the molecule is Cc1ccc(S(=O)(=O)O[C@H]2C[C@@H](S(C)(=O)=O)C2)cc1. The summed E-state index contributed by atoms with van der Waals surface area (Å²) in [6.07, 6.45) is 1.10. The van der Waals surface area contributed by atoms with Crippen LogP contribution in [-0.2, 0) is 24.1 Å². The molecule has 0 aromatic heterocycles. The maximum atomic E-state index is 11.9. The van der Waals surface area contributed by atoms with Crippen LogP contribution < -0.4 is 0 Å². The lowest BCUT2D eigenvalue weighted by Gasteiger charge is -2.32. The molecule has 1 fully saturated rings. The van der Waals surface area contributed by atoms with E-state index in [2.05, 4.69) is 0 Å². The van der Waals surface area contributed by atoms with Crippen molar-refractivity contribution in [1.29, 1.82) is 0 Å². The second-order valence-electron chi connectivity index (χ2n) is 4.91. The molecule has 0 heterocycles. The van der Waals surface area contributed by atoms with E-state index in [1.807, 2.05) is 6.92 Å². The fourth-order valence-corrected chi connectivity index (χ4v) is 4.11. The number of aryl methyl sites for hydroxylation is 1. The Balaban J connectivity index is 2.03. The number of hydrogen-bond acceptors (Lipinski definition) is 5. The molecular weight excluding hydrogens is 288 g/mol. The molecule has 1 aliphatic rings. The molecule has 0 N–H and O–H groups in total. The minimum Gasteiger partial charge on any atom is -0.263 e. The molecular formula is C12H16O5S2. The van der Waals surface area contributed by atoms with Crippen molar-refractivity contribution in [2.24, 2.45) is 0 Å². The first-order valence-corrected chi connectivity index (χ1v) is 9.23. The van der Waals surface area contributed by atoms with Gasteiger partial charge in [0.15, 0.2) is 9.84 Å². The van der Waals surface area contributed by atoms with Crippen LogP contribution in [0.5, 0.6) is 0 Å². The predicted octanol–water partition coefficient (Wildman–Crippen LogP) is 1.28. The van der Waals surface area contributed by atoms with Gasteiger partial charge in [0.05, 0.1) is 16.2 Å². The topological polar surface area (TPSA) is 77.5 Å². The van der Waals surface area contributed by atoms with Crippen LogP contribution in [0.4, 0.5) is 0 Å². The van der Waals surface area contributed by atoms with Gasteiger partial charge in [0.1, 0.15) is 0 Å². The zero-order valence-electron chi connectivity index (χ0n) is 10.7. The highest BCUT2D eigenvalue weighted by molar-refractivity contribution is 7.91. The minimum atomic E-state index is -3.80. The molecule has 0 saturated heterocycles. The van der Waals surface area contributed by atoms with Gasteiger partial charge in [0.2, 0.25) is 0 Å². The van der Waals surface area contributed by atoms with Crippen molar-refractivity contribution in [3.63, 3.8) is 0 Å². The molecule has 0 unspecified atom stereocenters. The van der Waals surface area contributed by atoms with Crippen LogP contribution in [0.2, 0.25) is 0 Å². The Morgan fingerprint density at radius 2 is 1.58 bits per heavy atom. The van der Waals surface area contributed by atoms with Crippen LogP contribution >= 0.6 is 0 Å². The van der Waals surface area contributed by atoms with Crippen LogP contribution in [-0.4, -0.2) is 34.4 Å². The average molecular weight is 304 g/mol. The number of rotatable bonds is 4. The molecule has 19 heavy (non-hydrogen) atoms. The van der Waals surface area contributed by atoms with Crippen LogP contribution in [0.25, 0.3) is 0 Å². The molecule has 1 aromatic rings. The van der Waals surface area contributed by atoms with Crippen LogP contribution in [0.15, 0.2) is 29.2 Å². The Morgan fingerprint density at radius 3 is 2.05 bits per heavy atom. The number of sulfone groups is 1. The van der Waals surface area contributed by atoms with E-state index in [0.717, 1.165) is 11.8 Å². The quantitative estimate of drug-likeness (QED) is 0.783. The predicted molar refractivity (Wildman–Crippen MR) is 71.1 cm³/mol. The Morgan fingerprint density at radius 1 is 1.05 bits per heavy atom. The summed E-state index contributed by atoms with van der Waals surface area (Å²) in [5.74, 6) is 0. The van der Waals surface area contributed by atoms with E-state index < -0.39 is 31.3 Å². The molecule has 1 saturated carbocycles.